The third-order valence-electron chi connectivity index (χ3n) is 2.73. The maximum Gasteiger partial charge on any atom is 0.314 e. The summed E-state index contributed by atoms with van der Waals surface area (Å²) >= 11 is 3.39. The minimum absolute atomic E-state index is 0.0498. The molecule has 0 amide bonds. The molecular weight excluding hydrogens is 272 g/mol. The van der Waals surface area contributed by atoms with Crippen molar-refractivity contribution in [2.75, 3.05) is 0 Å². The molecule has 16 heavy (non-hydrogen) atoms. The van der Waals surface area contributed by atoms with Crippen molar-refractivity contribution in [2.24, 2.45) is 0 Å². The van der Waals surface area contributed by atoms with Crippen LogP contribution in [0.3, 0.4) is 0 Å². The van der Waals surface area contributed by atoms with E-state index in [1.807, 2.05) is 25.1 Å². The lowest BCUT2D eigenvalue weighted by molar-refractivity contribution is -0.163. The van der Waals surface area contributed by atoms with Gasteiger partial charge in [-0.25, -0.2) is 0 Å². The molecule has 0 aromatic heterocycles. The molecule has 3 nitrogen and oxygen atoms in total. The standard InChI is InChI=1S/C12H11BrO3/c1-7-2-3-9(13)6-10(7)8-4-11(14)16-12(15)5-8/h2-3,6,8H,4-5H2,1H3. The maximum absolute atomic E-state index is 11.2. The molecule has 1 aliphatic rings. The van der Waals surface area contributed by atoms with Gasteiger partial charge in [0.2, 0.25) is 0 Å². The Kier molecular flexibility index (Phi) is 3.10. The van der Waals surface area contributed by atoms with Crippen LogP contribution in [-0.2, 0) is 14.3 Å². The van der Waals surface area contributed by atoms with Gasteiger partial charge in [-0.3, -0.25) is 9.59 Å². The van der Waals surface area contributed by atoms with Crippen LogP contribution in [0.5, 0.6) is 0 Å². The van der Waals surface area contributed by atoms with Crippen LogP contribution in [0.25, 0.3) is 0 Å². The summed E-state index contributed by atoms with van der Waals surface area (Å²) in [6.45, 7) is 1.98. The van der Waals surface area contributed by atoms with E-state index in [4.69, 9.17) is 0 Å². The SMILES string of the molecule is Cc1ccc(Br)cc1C1CC(=O)OC(=O)C1. The van der Waals surface area contributed by atoms with Crippen LogP contribution < -0.4 is 0 Å². The van der Waals surface area contributed by atoms with E-state index in [9.17, 15) is 9.59 Å². The van der Waals surface area contributed by atoms with Gasteiger partial charge >= 0.3 is 11.9 Å². The van der Waals surface area contributed by atoms with E-state index >= 15 is 0 Å². The molecule has 0 spiro atoms. The van der Waals surface area contributed by atoms with Crippen LogP contribution >= 0.6 is 15.9 Å². The number of benzene rings is 1. The second-order valence-corrected chi connectivity index (χ2v) is 4.87. The van der Waals surface area contributed by atoms with Crippen molar-refractivity contribution in [3.8, 4) is 0 Å². The number of cyclic esters (lactones) is 2. The lowest BCUT2D eigenvalue weighted by atomic mass is 9.88. The fourth-order valence-electron chi connectivity index (χ4n) is 1.96. The van der Waals surface area contributed by atoms with Gasteiger partial charge in [-0.15, -0.1) is 0 Å². The minimum atomic E-state index is -0.430. The van der Waals surface area contributed by atoms with E-state index in [1.54, 1.807) is 0 Å². The molecular formula is C12H11BrO3. The number of carbonyl (C=O) groups excluding carboxylic acids is 2. The molecule has 84 valence electrons. The van der Waals surface area contributed by atoms with Crippen LogP contribution in [0.2, 0.25) is 0 Å². The van der Waals surface area contributed by atoms with E-state index in [0.717, 1.165) is 15.6 Å². The topological polar surface area (TPSA) is 43.4 Å². The number of rotatable bonds is 1. The second kappa shape index (κ2) is 4.37. The molecule has 4 heteroatoms. The average molecular weight is 283 g/mol. The molecule has 1 aromatic carbocycles. The van der Waals surface area contributed by atoms with Crippen molar-refractivity contribution < 1.29 is 14.3 Å². The third kappa shape index (κ3) is 2.32. The van der Waals surface area contributed by atoms with Crippen LogP contribution in [0.1, 0.15) is 29.9 Å². The molecule has 1 aliphatic heterocycles. The van der Waals surface area contributed by atoms with E-state index in [0.29, 0.717) is 0 Å². The summed E-state index contributed by atoms with van der Waals surface area (Å²) in [7, 11) is 0. The van der Waals surface area contributed by atoms with E-state index in [-0.39, 0.29) is 18.8 Å². The zero-order chi connectivity index (χ0) is 11.7. The van der Waals surface area contributed by atoms with Crippen LogP contribution in [-0.4, -0.2) is 11.9 Å². The summed E-state index contributed by atoms with van der Waals surface area (Å²) in [5.74, 6) is -0.910. The Morgan fingerprint density at radius 3 is 2.50 bits per heavy atom. The molecule has 0 unspecified atom stereocenters. The molecule has 1 saturated heterocycles. The van der Waals surface area contributed by atoms with E-state index in [1.165, 1.54) is 0 Å². The molecule has 0 radical (unpaired) electrons. The third-order valence-corrected chi connectivity index (χ3v) is 3.23. The number of hydrogen-bond donors (Lipinski definition) is 0. The Labute approximate surface area is 102 Å². The summed E-state index contributed by atoms with van der Waals surface area (Å²) < 4.78 is 5.48. The maximum atomic E-state index is 11.2. The predicted octanol–water partition coefficient (Wildman–Crippen LogP) is 2.70. The van der Waals surface area contributed by atoms with Crippen LogP contribution in [0.15, 0.2) is 22.7 Å². The van der Waals surface area contributed by atoms with Crippen molar-refractivity contribution in [2.45, 2.75) is 25.7 Å². The number of aryl methyl sites for hydroxylation is 1. The summed E-state index contributed by atoms with van der Waals surface area (Å²) in [5, 5.41) is 0. The van der Waals surface area contributed by atoms with Gasteiger partial charge in [0, 0.05) is 10.4 Å². The van der Waals surface area contributed by atoms with Crippen LogP contribution in [0.4, 0.5) is 0 Å². The highest BCUT2D eigenvalue weighted by Crippen LogP contribution is 2.32. The number of esters is 2. The minimum Gasteiger partial charge on any atom is -0.393 e. The zero-order valence-corrected chi connectivity index (χ0v) is 10.4. The van der Waals surface area contributed by atoms with Crippen molar-refractivity contribution in [1.82, 2.24) is 0 Å². The predicted molar refractivity (Wildman–Crippen MR) is 62.0 cm³/mol. The van der Waals surface area contributed by atoms with Gasteiger partial charge in [0.05, 0.1) is 12.8 Å². The fraction of sp³-hybridized carbons (Fsp3) is 0.333. The van der Waals surface area contributed by atoms with Crippen molar-refractivity contribution in [3.05, 3.63) is 33.8 Å². The van der Waals surface area contributed by atoms with Gasteiger partial charge in [-0.2, -0.15) is 0 Å². The first-order chi connectivity index (χ1) is 7.56. The monoisotopic (exact) mass is 282 g/mol. The van der Waals surface area contributed by atoms with Gasteiger partial charge in [0.25, 0.3) is 0 Å². The molecule has 0 aliphatic carbocycles. The average Bonchev–Trinajstić information content (AvgIpc) is 2.20. The number of halogens is 1. The van der Waals surface area contributed by atoms with Gasteiger partial charge in [0.15, 0.2) is 0 Å². The van der Waals surface area contributed by atoms with E-state index < -0.39 is 11.9 Å². The van der Waals surface area contributed by atoms with Crippen molar-refractivity contribution >= 4 is 27.9 Å². The largest absolute Gasteiger partial charge is 0.393 e. The normalized spacial score (nSPS) is 17.4. The van der Waals surface area contributed by atoms with E-state index in [2.05, 4.69) is 20.7 Å². The Balaban J connectivity index is 2.32. The second-order valence-electron chi connectivity index (χ2n) is 3.95. The molecule has 0 bridgehead atoms. The zero-order valence-electron chi connectivity index (χ0n) is 8.83. The summed E-state index contributed by atoms with van der Waals surface area (Å²) in [6, 6.07) is 5.89. The fourth-order valence-corrected chi connectivity index (χ4v) is 2.33. The van der Waals surface area contributed by atoms with Gasteiger partial charge in [-0.1, -0.05) is 22.0 Å². The molecule has 1 fully saturated rings. The molecule has 0 N–H and O–H groups in total. The first kappa shape index (κ1) is 11.3. The highest BCUT2D eigenvalue weighted by molar-refractivity contribution is 9.10. The summed E-state index contributed by atoms with van der Waals surface area (Å²) in [5.41, 5.74) is 2.13. The smallest absolute Gasteiger partial charge is 0.314 e. The Bertz CT molecular complexity index is 438. The quantitative estimate of drug-likeness (QED) is 0.588. The number of ether oxygens (including phenoxy) is 1. The number of carbonyl (C=O) groups is 2. The Hall–Kier alpha value is -1.16. The molecule has 2 rings (SSSR count). The molecule has 0 saturated carbocycles. The Morgan fingerprint density at radius 2 is 1.88 bits per heavy atom. The van der Waals surface area contributed by atoms with Gasteiger partial charge < -0.3 is 4.74 Å². The highest BCUT2D eigenvalue weighted by atomic mass is 79.9. The van der Waals surface area contributed by atoms with Gasteiger partial charge in [-0.05, 0) is 30.2 Å². The molecule has 0 atom stereocenters. The van der Waals surface area contributed by atoms with Crippen molar-refractivity contribution in [1.29, 1.82) is 0 Å². The summed E-state index contributed by atoms with van der Waals surface area (Å²) in [4.78, 5) is 22.4. The molecule has 1 aromatic rings. The Morgan fingerprint density at radius 1 is 1.25 bits per heavy atom. The highest BCUT2D eigenvalue weighted by Gasteiger charge is 2.29. The molecule has 1 heterocycles. The lowest BCUT2D eigenvalue weighted by Gasteiger charge is -2.21. The number of hydrogen-bond acceptors (Lipinski definition) is 3. The lowest BCUT2D eigenvalue weighted by Crippen LogP contribution is -2.24. The first-order valence-corrected chi connectivity index (χ1v) is 5.85. The van der Waals surface area contributed by atoms with Crippen LogP contribution in [0, 0.1) is 6.92 Å². The summed E-state index contributed by atoms with van der Waals surface area (Å²) in [6.07, 6.45) is 0.562. The first-order valence-electron chi connectivity index (χ1n) is 5.06. The van der Waals surface area contributed by atoms with Crippen molar-refractivity contribution in [3.63, 3.8) is 0 Å². The van der Waals surface area contributed by atoms with Gasteiger partial charge in [0.1, 0.15) is 0 Å².